The maximum absolute atomic E-state index is 12.1. The highest BCUT2D eigenvalue weighted by molar-refractivity contribution is 5.91. The maximum Gasteiger partial charge on any atom is 0.225 e. The van der Waals surface area contributed by atoms with Gasteiger partial charge in [0, 0.05) is 25.2 Å². The number of hydrogen-bond donors (Lipinski definition) is 2. The number of benzene rings is 2. The van der Waals surface area contributed by atoms with Gasteiger partial charge in [-0.1, -0.05) is 18.2 Å². The van der Waals surface area contributed by atoms with Crippen molar-refractivity contribution in [3.63, 3.8) is 0 Å². The van der Waals surface area contributed by atoms with Crippen LogP contribution in [0.5, 0.6) is 11.5 Å². The lowest BCUT2D eigenvalue weighted by Gasteiger charge is -2.11. The zero-order chi connectivity index (χ0) is 18.2. The number of aryl methyl sites for hydroxylation is 2. The van der Waals surface area contributed by atoms with Gasteiger partial charge in [-0.25, -0.2) is 0 Å². The molecule has 0 aliphatic heterocycles. The van der Waals surface area contributed by atoms with E-state index in [1.54, 1.807) is 14.2 Å². The Morgan fingerprint density at radius 2 is 1.76 bits per heavy atom. The lowest BCUT2D eigenvalue weighted by atomic mass is 10.1. The Bertz CT molecular complexity index is 729. The van der Waals surface area contributed by atoms with Crippen LogP contribution in [0.3, 0.4) is 0 Å². The van der Waals surface area contributed by atoms with Crippen molar-refractivity contribution in [2.45, 2.75) is 26.8 Å². The minimum absolute atomic E-state index is 0.00788. The second-order valence-corrected chi connectivity index (χ2v) is 5.98. The van der Waals surface area contributed by atoms with E-state index >= 15 is 0 Å². The van der Waals surface area contributed by atoms with Crippen molar-refractivity contribution in [1.82, 2.24) is 5.32 Å². The van der Waals surface area contributed by atoms with Crippen LogP contribution in [0, 0.1) is 13.8 Å². The molecule has 2 rings (SSSR count). The number of carbonyl (C=O) groups excluding carboxylic acids is 1. The number of anilines is 1. The molecule has 134 valence electrons. The van der Waals surface area contributed by atoms with E-state index in [9.17, 15) is 4.79 Å². The van der Waals surface area contributed by atoms with Crippen molar-refractivity contribution in [3.05, 3.63) is 53.1 Å². The third-order valence-electron chi connectivity index (χ3n) is 3.97. The van der Waals surface area contributed by atoms with Gasteiger partial charge < -0.3 is 20.1 Å². The maximum atomic E-state index is 12.1. The smallest absolute Gasteiger partial charge is 0.225 e. The molecule has 0 bridgehead atoms. The number of carbonyl (C=O) groups is 1. The van der Waals surface area contributed by atoms with Crippen LogP contribution in [0.1, 0.15) is 23.1 Å². The highest BCUT2D eigenvalue weighted by Crippen LogP contribution is 2.27. The average molecular weight is 342 g/mol. The predicted octanol–water partition coefficient (Wildman–Crippen LogP) is 3.44. The molecule has 0 fully saturated rings. The summed E-state index contributed by atoms with van der Waals surface area (Å²) < 4.78 is 10.5. The standard InChI is InChI=1S/C20H26N2O3/c1-14-5-6-15(2)17(11-14)22-20(23)9-10-21-13-16-7-8-18(24-3)19(12-16)25-4/h5-8,11-12,21H,9-10,13H2,1-4H3,(H,22,23). The summed E-state index contributed by atoms with van der Waals surface area (Å²) in [5.41, 5.74) is 4.15. The van der Waals surface area contributed by atoms with E-state index in [1.807, 2.05) is 50.2 Å². The summed E-state index contributed by atoms with van der Waals surface area (Å²) in [6.07, 6.45) is 0.417. The summed E-state index contributed by atoms with van der Waals surface area (Å²) in [5.74, 6) is 1.42. The second kappa shape index (κ2) is 9.08. The molecule has 5 heteroatoms. The lowest BCUT2D eigenvalue weighted by Crippen LogP contribution is -2.21. The molecule has 2 aromatic rings. The molecule has 0 aromatic heterocycles. The second-order valence-electron chi connectivity index (χ2n) is 5.98. The van der Waals surface area contributed by atoms with E-state index in [1.165, 1.54) is 0 Å². The molecule has 1 amide bonds. The van der Waals surface area contributed by atoms with Gasteiger partial charge in [-0.3, -0.25) is 4.79 Å². The van der Waals surface area contributed by atoms with E-state index in [0.29, 0.717) is 31.0 Å². The normalized spacial score (nSPS) is 10.4. The van der Waals surface area contributed by atoms with Gasteiger partial charge in [0.15, 0.2) is 11.5 Å². The number of nitrogens with one attached hydrogen (secondary N) is 2. The van der Waals surface area contributed by atoms with Gasteiger partial charge in [0.1, 0.15) is 0 Å². The molecule has 25 heavy (non-hydrogen) atoms. The largest absolute Gasteiger partial charge is 0.493 e. The number of methoxy groups -OCH3 is 2. The Morgan fingerprint density at radius 1 is 1.00 bits per heavy atom. The molecule has 0 saturated heterocycles. The van der Waals surface area contributed by atoms with Crippen LogP contribution in [0.2, 0.25) is 0 Å². The summed E-state index contributed by atoms with van der Waals surface area (Å²) in [6, 6.07) is 11.8. The summed E-state index contributed by atoms with van der Waals surface area (Å²) in [5, 5.41) is 6.24. The molecule has 0 aliphatic carbocycles. The van der Waals surface area contributed by atoms with Crippen LogP contribution in [0.25, 0.3) is 0 Å². The Morgan fingerprint density at radius 3 is 2.48 bits per heavy atom. The third-order valence-corrected chi connectivity index (χ3v) is 3.97. The molecule has 0 aliphatic rings. The number of rotatable bonds is 8. The summed E-state index contributed by atoms with van der Waals surface area (Å²) in [6.45, 7) is 5.27. The van der Waals surface area contributed by atoms with Gasteiger partial charge in [-0.15, -0.1) is 0 Å². The van der Waals surface area contributed by atoms with Crippen molar-refractivity contribution in [2.24, 2.45) is 0 Å². The summed E-state index contributed by atoms with van der Waals surface area (Å²) in [4.78, 5) is 12.1. The molecular weight excluding hydrogens is 316 g/mol. The van der Waals surface area contributed by atoms with Crippen LogP contribution in [0.4, 0.5) is 5.69 Å². The van der Waals surface area contributed by atoms with Crippen LogP contribution in [-0.4, -0.2) is 26.7 Å². The van der Waals surface area contributed by atoms with Crippen LogP contribution in [0.15, 0.2) is 36.4 Å². The van der Waals surface area contributed by atoms with Gasteiger partial charge in [0.2, 0.25) is 5.91 Å². The lowest BCUT2D eigenvalue weighted by molar-refractivity contribution is -0.116. The Labute approximate surface area is 149 Å². The predicted molar refractivity (Wildman–Crippen MR) is 100 cm³/mol. The van der Waals surface area contributed by atoms with Gasteiger partial charge in [-0.05, 0) is 48.7 Å². The number of hydrogen-bond acceptors (Lipinski definition) is 4. The van der Waals surface area contributed by atoms with E-state index in [2.05, 4.69) is 10.6 Å². The first kappa shape index (κ1) is 18.8. The number of amides is 1. The van der Waals surface area contributed by atoms with E-state index < -0.39 is 0 Å². The Balaban J connectivity index is 1.79. The minimum atomic E-state index is 0.00788. The van der Waals surface area contributed by atoms with E-state index in [4.69, 9.17) is 9.47 Å². The summed E-state index contributed by atoms with van der Waals surface area (Å²) >= 11 is 0. The highest BCUT2D eigenvalue weighted by atomic mass is 16.5. The molecule has 0 radical (unpaired) electrons. The quantitative estimate of drug-likeness (QED) is 0.722. The molecule has 0 heterocycles. The fourth-order valence-corrected chi connectivity index (χ4v) is 2.51. The van der Waals surface area contributed by atoms with Crippen LogP contribution in [-0.2, 0) is 11.3 Å². The summed E-state index contributed by atoms with van der Waals surface area (Å²) in [7, 11) is 3.23. The minimum Gasteiger partial charge on any atom is -0.493 e. The van der Waals surface area contributed by atoms with Crippen LogP contribution < -0.4 is 20.1 Å². The van der Waals surface area contributed by atoms with Gasteiger partial charge in [0.25, 0.3) is 0 Å². The zero-order valence-corrected chi connectivity index (χ0v) is 15.3. The average Bonchev–Trinajstić information content (AvgIpc) is 2.61. The van der Waals surface area contributed by atoms with E-state index in [-0.39, 0.29) is 5.91 Å². The molecule has 5 nitrogen and oxygen atoms in total. The van der Waals surface area contributed by atoms with Crippen LogP contribution >= 0.6 is 0 Å². The SMILES string of the molecule is COc1ccc(CNCCC(=O)Nc2cc(C)ccc2C)cc1OC. The number of ether oxygens (including phenoxy) is 2. The van der Waals surface area contributed by atoms with Crippen molar-refractivity contribution < 1.29 is 14.3 Å². The molecule has 2 N–H and O–H groups in total. The fourth-order valence-electron chi connectivity index (χ4n) is 2.51. The van der Waals surface area contributed by atoms with Crippen molar-refractivity contribution in [1.29, 1.82) is 0 Å². The topological polar surface area (TPSA) is 59.6 Å². The van der Waals surface area contributed by atoms with Gasteiger partial charge in [0.05, 0.1) is 14.2 Å². The highest BCUT2D eigenvalue weighted by Gasteiger charge is 2.06. The molecule has 0 atom stereocenters. The first-order valence-electron chi connectivity index (χ1n) is 8.32. The molecular formula is C20H26N2O3. The first-order chi connectivity index (χ1) is 12.0. The monoisotopic (exact) mass is 342 g/mol. The molecule has 0 spiro atoms. The van der Waals surface area contributed by atoms with E-state index in [0.717, 1.165) is 22.4 Å². The first-order valence-corrected chi connectivity index (χ1v) is 8.32. The van der Waals surface area contributed by atoms with Crippen molar-refractivity contribution in [3.8, 4) is 11.5 Å². The Hall–Kier alpha value is -2.53. The van der Waals surface area contributed by atoms with Crippen molar-refractivity contribution in [2.75, 3.05) is 26.1 Å². The van der Waals surface area contributed by atoms with Gasteiger partial charge in [-0.2, -0.15) is 0 Å². The molecule has 0 unspecified atom stereocenters. The van der Waals surface area contributed by atoms with Crippen molar-refractivity contribution >= 4 is 11.6 Å². The molecule has 0 saturated carbocycles. The third kappa shape index (κ3) is 5.50. The molecule has 2 aromatic carbocycles. The fraction of sp³-hybridized carbons (Fsp3) is 0.350. The zero-order valence-electron chi connectivity index (χ0n) is 15.3. The van der Waals surface area contributed by atoms with Gasteiger partial charge >= 0.3 is 0 Å². The Kier molecular flexibility index (Phi) is 6.83.